The molecule has 0 fully saturated rings. The molecule has 0 unspecified atom stereocenters. The minimum Gasteiger partial charge on any atom is -0.393 e. The number of nitrogens with two attached hydrogens (primary N) is 1. The summed E-state index contributed by atoms with van der Waals surface area (Å²) < 4.78 is 1.45. The summed E-state index contributed by atoms with van der Waals surface area (Å²) in [5, 5.41) is 0. The number of rotatable bonds is 0. The topological polar surface area (TPSA) is 60.4 Å². The molecule has 0 bridgehead atoms. The highest BCUT2D eigenvalue weighted by molar-refractivity contribution is 5.49. The summed E-state index contributed by atoms with van der Waals surface area (Å²) in [7, 11) is 0. The van der Waals surface area contributed by atoms with Gasteiger partial charge in [-0.05, 0) is 18.6 Å². The van der Waals surface area contributed by atoms with Crippen molar-refractivity contribution in [2.45, 2.75) is 6.92 Å². The predicted molar refractivity (Wildman–Crippen MR) is 50.6 cm³/mol. The fourth-order valence-electron chi connectivity index (χ4n) is 1.26. The molecule has 0 amide bonds. The van der Waals surface area contributed by atoms with Crippen LogP contribution in [-0.4, -0.2) is 9.38 Å². The van der Waals surface area contributed by atoms with Gasteiger partial charge < -0.3 is 5.73 Å². The second-order valence-corrected chi connectivity index (χ2v) is 2.90. The van der Waals surface area contributed by atoms with Crippen LogP contribution < -0.4 is 11.3 Å². The van der Waals surface area contributed by atoms with Crippen molar-refractivity contribution in [1.29, 1.82) is 0 Å². The Kier molecular flexibility index (Phi) is 1.55. The highest BCUT2D eigenvalue weighted by Gasteiger charge is 2.01. The summed E-state index contributed by atoms with van der Waals surface area (Å²) in [6.45, 7) is 1.90. The van der Waals surface area contributed by atoms with E-state index in [0.717, 1.165) is 5.56 Å². The lowest BCUT2D eigenvalue weighted by Gasteiger charge is -2.02. The van der Waals surface area contributed by atoms with Gasteiger partial charge in [0.1, 0.15) is 11.3 Å². The summed E-state index contributed by atoms with van der Waals surface area (Å²) in [4.78, 5) is 15.6. The molecular formula is C9H9N3O. The maximum Gasteiger partial charge on any atom is 0.280 e. The zero-order valence-corrected chi connectivity index (χ0v) is 7.19. The molecule has 2 heterocycles. The van der Waals surface area contributed by atoms with E-state index in [-0.39, 0.29) is 11.2 Å². The molecule has 4 heteroatoms. The molecule has 0 aliphatic heterocycles. The molecule has 4 nitrogen and oxygen atoms in total. The van der Waals surface area contributed by atoms with E-state index in [1.165, 1.54) is 10.6 Å². The zero-order chi connectivity index (χ0) is 9.42. The maximum absolute atomic E-state index is 11.5. The molecule has 0 radical (unpaired) electrons. The van der Waals surface area contributed by atoms with E-state index in [1.807, 2.05) is 13.0 Å². The Morgan fingerprint density at radius 3 is 3.08 bits per heavy atom. The first-order chi connectivity index (χ1) is 6.20. The van der Waals surface area contributed by atoms with E-state index in [0.29, 0.717) is 5.65 Å². The molecule has 2 aromatic heterocycles. The van der Waals surface area contributed by atoms with Gasteiger partial charge in [-0.25, -0.2) is 4.98 Å². The molecule has 2 N–H and O–H groups in total. The number of aryl methyl sites for hydroxylation is 1. The van der Waals surface area contributed by atoms with Crippen LogP contribution in [-0.2, 0) is 0 Å². The quantitative estimate of drug-likeness (QED) is 0.637. The molecule has 0 aliphatic rings. The second kappa shape index (κ2) is 2.58. The molecule has 0 spiro atoms. The lowest BCUT2D eigenvalue weighted by molar-refractivity contribution is 1.04. The van der Waals surface area contributed by atoms with E-state index >= 15 is 0 Å². The highest BCUT2D eigenvalue weighted by Crippen LogP contribution is 2.04. The molecule has 0 saturated carbocycles. The fraction of sp³-hybridized carbons (Fsp3) is 0.111. The van der Waals surface area contributed by atoms with Gasteiger partial charge in [0.25, 0.3) is 5.56 Å². The van der Waals surface area contributed by atoms with E-state index in [4.69, 9.17) is 5.73 Å². The SMILES string of the molecule is Cc1cccn2c(=O)c(N)cnc12. The molecule has 0 aromatic carbocycles. The molecule has 66 valence electrons. The number of hydrogen-bond donors (Lipinski definition) is 1. The average molecular weight is 175 g/mol. The lowest BCUT2D eigenvalue weighted by Crippen LogP contribution is -2.18. The lowest BCUT2D eigenvalue weighted by atomic mass is 10.3. The summed E-state index contributed by atoms with van der Waals surface area (Å²) >= 11 is 0. The van der Waals surface area contributed by atoms with Crippen molar-refractivity contribution in [2.24, 2.45) is 0 Å². The largest absolute Gasteiger partial charge is 0.393 e. The molecule has 2 rings (SSSR count). The Morgan fingerprint density at radius 1 is 1.54 bits per heavy atom. The van der Waals surface area contributed by atoms with E-state index in [9.17, 15) is 4.79 Å². The number of pyridine rings is 1. The Bertz CT molecular complexity index is 516. The van der Waals surface area contributed by atoms with Crippen LogP contribution in [0.15, 0.2) is 29.3 Å². The van der Waals surface area contributed by atoms with Crippen molar-refractivity contribution in [3.63, 3.8) is 0 Å². The van der Waals surface area contributed by atoms with Crippen molar-refractivity contribution in [2.75, 3.05) is 5.73 Å². The molecule has 0 atom stereocenters. The first kappa shape index (κ1) is 7.79. The molecular weight excluding hydrogens is 166 g/mol. The van der Waals surface area contributed by atoms with Crippen molar-refractivity contribution < 1.29 is 0 Å². The van der Waals surface area contributed by atoms with Crippen LogP contribution in [0.4, 0.5) is 5.69 Å². The normalized spacial score (nSPS) is 10.5. The smallest absolute Gasteiger partial charge is 0.280 e. The number of fused-ring (bicyclic) bond motifs is 1. The summed E-state index contributed by atoms with van der Waals surface area (Å²) in [6.07, 6.45) is 3.05. The van der Waals surface area contributed by atoms with Crippen molar-refractivity contribution in [3.8, 4) is 0 Å². The molecule has 13 heavy (non-hydrogen) atoms. The van der Waals surface area contributed by atoms with Gasteiger partial charge in [0.05, 0.1) is 6.20 Å². The van der Waals surface area contributed by atoms with Gasteiger partial charge in [-0.15, -0.1) is 0 Å². The average Bonchev–Trinajstić information content (AvgIpc) is 2.12. The third-order valence-electron chi connectivity index (χ3n) is 1.95. The van der Waals surface area contributed by atoms with Gasteiger partial charge in [0.2, 0.25) is 0 Å². The van der Waals surface area contributed by atoms with Crippen LogP contribution in [0, 0.1) is 6.92 Å². The van der Waals surface area contributed by atoms with Gasteiger partial charge in [-0.3, -0.25) is 9.20 Å². The summed E-state index contributed by atoms with van der Waals surface area (Å²) in [5.74, 6) is 0. The molecule has 0 saturated heterocycles. The number of hydrogen-bond acceptors (Lipinski definition) is 3. The maximum atomic E-state index is 11.5. The zero-order valence-electron chi connectivity index (χ0n) is 7.19. The third kappa shape index (κ3) is 1.07. The van der Waals surface area contributed by atoms with Crippen LogP contribution >= 0.6 is 0 Å². The standard InChI is InChI=1S/C9H9N3O/c1-6-3-2-4-12-8(6)11-5-7(10)9(12)13/h2-5H,10H2,1H3. The minimum absolute atomic E-state index is 0.170. The van der Waals surface area contributed by atoms with Crippen LogP contribution in [0.25, 0.3) is 5.65 Å². The Hall–Kier alpha value is -1.84. The first-order valence-corrected chi connectivity index (χ1v) is 3.92. The van der Waals surface area contributed by atoms with Gasteiger partial charge >= 0.3 is 0 Å². The van der Waals surface area contributed by atoms with Crippen LogP contribution in [0.5, 0.6) is 0 Å². The Labute approximate surface area is 74.6 Å². The van der Waals surface area contributed by atoms with Crippen molar-refractivity contribution >= 4 is 11.3 Å². The second-order valence-electron chi connectivity index (χ2n) is 2.90. The highest BCUT2D eigenvalue weighted by atomic mass is 16.1. The van der Waals surface area contributed by atoms with E-state index in [1.54, 1.807) is 12.3 Å². The monoisotopic (exact) mass is 175 g/mol. The molecule has 0 aliphatic carbocycles. The van der Waals surface area contributed by atoms with E-state index in [2.05, 4.69) is 4.98 Å². The van der Waals surface area contributed by atoms with Crippen molar-refractivity contribution in [3.05, 3.63) is 40.4 Å². The van der Waals surface area contributed by atoms with Gasteiger partial charge in [0.15, 0.2) is 0 Å². The van der Waals surface area contributed by atoms with Gasteiger partial charge in [-0.2, -0.15) is 0 Å². The summed E-state index contributed by atoms with van der Waals surface area (Å²) in [5.41, 5.74) is 7.01. The fourth-order valence-corrected chi connectivity index (χ4v) is 1.26. The van der Waals surface area contributed by atoms with Gasteiger partial charge in [-0.1, -0.05) is 6.07 Å². The Morgan fingerprint density at radius 2 is 2.31 bits per heavy atom. The molecule has 2 aromatic rings. The van der Waals surface area contributed by atoms with Crippen molar-refractivity contribution in [1.82, 2.24) is 9.38 Å². The number of nitrogen functional groups attached to an aromatic ring is 1. The van der Waals surface area contributed by atoms with Crippen LogP contribution in [0.3, 0.4) is 0 Å². The van der Waals surface area contributed by atoms with Gasteiger partial charge in [0, 0.05) is 6.20 Å². The minimum atomic E-state index is -0.214. The first-order valence-electron chi connectivity index (χ1n) is 3.92. The number of nitrogens with zero attached hydrogens (tertiary/aromatic N) is 2. The summed E-state index contributed by atoms with van der Waals surface area (Å²) in [6, 6.07) is 3.70. The Balaban J connectivity index is 3.03. The number of anilines is 1. The number of aromatic nitrogens is 2. The third-order valence-corrected chi connectivity index (χ3v) is 1.95. The van der Waals surface area contributed by atoms with Crippen LogP contribution in [0.2, 0.25) is 0 Å². The van der Waals surface area contributed by atoms with E-state index < -0.39 is 0 Å². The van der Waals surface area contributed by atoms with Crippen LogP contribution in [0.1, 0.15) is 5.56 Å². The predicted octanol–water partition coefficient (Wildman–Crippen LogP) is 0.585.